The molecular weight excluding hydrogens is 244 g/mol. The maximum atomic E-state index is 10.6. The third-order valence-electron chi connectivity index (χ3n) is 5.02. The van der Waals surface area contributed by atoms with Gasteiger partial charge in [0.2, 0.25) is 0 Å². The molecule has 0 saturated carbocycles. The monoisotopic (exact) mass is 274 g/mol. The van der Waals surface area contributed by atoms with Crippen LogP contribution in [0.25, 0.3) is 0 Å². The molecule has 0 heterocycles. The number of aliphatic hydroxyl groups excluding tert-OH is 1. The predicted octanol–water partition coefficient (Wildman–Crippen LogP) is 5.07. The van der Waals surface area contributed by atoms with Gasteiger partial charge in [-0.25, -0.2) is 0 Å². The summed E-state index contributed by atoms with van der Waals surface area (Å²) in [5.41, 5.74) is 3.01. The Balaban J connectivity index is 1.99. The van der Waals surface area contributed by atoms with Crippen molar-refractivity contribution < 1.29 is 5.11 Å². The highest BCUT2D eigenvalue weighted by Crippen LogP contribution is 2.36. The van der Waals surface area contributed by atoms with E-state index in [2.05, 4.69) is 38.1 Å². The van der Waals surface area contributed by atoms with E-state index in [0.29, 0.717) is 11.8 Å². The molecule has 3 unspecified atom stereocenters. The van der Waals surface area contributed by atoms with Gasteiger partial charge in [-0.2, -0.15) is 0 Å². The van der Waals surface area contributed by atoms with E-state index in [9.17, 15) is 5.11 Å². The smallest absolute Gasteiger partial charge is 0.0574 e. The van der Waals surface area contributed by atoms with Crippen LogP contribution in [0.4, 0.5) is 0 Å². The average molecular weight is 274 g/mol. The standard InChI is InChI=1S/C19H30O/c1-3-5-9-15(4-2)19(20)14-17-12-8-11-16-10-6-7-13-18(16)17/h6-7,10,13,15,17,19-20H,3-5,8-9,11-12,14H2,1-2H3. The van der Waals surface area contributed by atoms with Crippen LogP contribution in [-0.4, -0.2) is 11.2 Å². The molecule has 112 valence electrons. The van der Waals surface area contributed by atoms with Crippen molar-refractivity contribution in [1.29, 1.82) is 0 Å². The van der Waals surface area contributed by atoms with Gasteiger partial charge in [-0.05, 0) is 55.1 Å². The molecule has 0 bridgehead atoms. The van der Waals surface area contributed by atoms with Crippen molar-refractivity contribution >= 4 is 0 Å². The SMILES string of the molecule is CCCCC(CC)C(O)CC1CCCc2ccccc21. The Hall–Kier alpha value is -0.820. The molecule has 1 aliphatic rings. The Morgan fingerprint density at radius 2 is 2.05 bits per heavy atom. The summed E-state index contributed by atoms with van der Waals surface area (Å²) in [5, 5.41) is 10.6. The average Bonchev–Trinajstić information content (AvgIpc) is 2.48. The Labute approximate surface area is 124 Å². The second-order valence-corrected chi connectivity index (χ2v) is 6.40. The van der Waals surface area contributed by atoms with E-state index >= 15 is 0 Å². The van der Waals surface area contributed by atoms with E-state index < -0.39 is 0 Å². The number of fused-ring (bicyclic) bond motifs is 1. The van der Waals surface area contributed by atoms with Gasteiger partial charge >= 0.3 is 0 Å². The molecule has 20 heavy (non-hydrogen) atoms. The third-order valence-corrected chi connectivity index (χ3v) is 5.02. The maximum absolute atomic E-state index is 10.6. The van der Waals surface area contributed by atoms with Crippen molar-refractivity contribution in [2.24, 2.45) is 5.92 Å². The van der Waals surface area contributed by atoms with Crippen LogP contribution in [0.3, 0.4) is 0 Å². The summed E-state index contributed by atoms with van der Waals surface area (Å²) in [6.45, 7) is 4.45. The van der Waals surface area contributed by atoms with E-state index in [1.807, 2.05) is 0 Å². The lowest BCUT2D eigenvalue weighted by Crippen LogP contribution is -2.24. The van der Waals surface area contributed by atoms with Crippen molar-refractivity contribution in [3.63, 3.8) is 0 Å². The molecule has 0 spiro atoms. The zero-order valence-corrected chi connectivity index (χ0v) is 13.1. The lowest BCUT2D eigenvalue weighted by atomic mass is 9.77. The van der Waals surface area contributed by atoms with Gasteiger partial charge in [0.15, 0.2) is 0 Å². The fourth-order valence-electron chi connectivity index (χ4n) is 3.72. The summed E-state index contributed by atoms with van der Waals surface area (Å²) in [5.74, 6) is 1.06. The first-order chi connectivity index (χ1) is 9.76. The van der Waals surface area contributed by atoms with Crippen molar-refractivity contribution in [2.45, 2.75) is 77.2 Å². The topological polar surface area (TPSA) is 20.2 Å². The Kier molecular flexibility index (Phi) is 6.09. The van der Waals surface area contributed by atoms with Gasteiger partial charge in [0, 0.05) is 0 Å². The molecule has 0 aromatic heterocycles. The summed E-state index contributed by atoms with van der Waals surface area (Å²) >= 11 is 0. The Morgan fingerprint density at radius 1 is 1.25 bits per heavy atom. The van der Waals surface area contributed by atoms with Crippen LogP contribution in [0.2, 0.25) is 0 Å². The zero-order chi connectivity index (χ0) is 14.4. The van der Waals surface area contributed by atoms with Gasteiger partial charge in [0.1, 0.15) is 0 Å². The van der Waals surface area contributed by atoms with E-state index in [-0.39, 0.29) is 6.10 Å². The molecule has 0 saturated heterocycles. The fraction of sp³-hybridized carbons (Fsp3) is 0.684. The van der Waals surface area contributed by atoms with E-state index in [1.54, 1.807) is 0 Å². The second kappa shape index (κ2) is 7.83. The number of hydrogen-bond donors (Lipinski definition) is 1. The Morgan fingerprint density at radius 3 is 2.80 bits per heavy atom. The molecule has 1 heteroatoms. The molecule has 0 amide bonds. The van der Waals surface area contributed by atoms with Crippen LogP contribution in [0.5, 0.6) is 0 Å². The molecular formula is C19H30O. The minimum atomic E-state index is -0.122. The van der Waals surface area contributed by atoms with Crippen molar-refractivity contribution in [1.82, 2.24) is 0 Å². The van der Waals surface area contributed by atoms with Crippen molar-refractivity contribution in [2.75, 3.05) is 0 Å². The molecule has 1 aromatic carbocycles. The molecule has 3 atom stereocenters. The number of aliphatic hydroxyl groups is 1. The minimum absolute atomic E-state index is 0.122. The van der Waals surface area contributed by atoms with Crippen molar-refractivity contribution in [3.05, 3.63) is 35.4 Å². The highest BCUT2D eigenvalue weighted by molar-refractivity contribution is 5.32. The molecule has 0 aliphatic heterocycles. The quantitative estimate of drug-likeness (QED) is 0.735. The van der Waals surface area contributed by atoms with E-state index in [0.717, 1.165) is 12.8 Å². The molecule has 1 nitrogen and oxygen atoms in total. The highest BCUT2D eigenvalue weighted by Gasteiger charge is 2.25. The molecule has 1 aromatic rings. The first kappa shape index (κ1) is 15.6. The minimum Gasteiger partial charge on any atom is -0.393 e. The first-order valence-electron chi connectivity index (χ1n) is 8.52. The van der Waals surface area contributed by atoms with Gasteiger partial charge in [0.25, 0.3) is 0 Å². The van der Waals surface area contributed by atoms with Gasteiger partial charge in [0.05, 0.1) is 6.10 Å². The summed E-state index contributed by atoms with van der Waals surface area (Å²) in [7, 11) is 0. The first-order valence-corrected chi connectivity index (χ1v) is 8.52. The second-order valence-electron chi connectivity index (χ2n) is 6.40. The van der Waals surface area contributed by atoms with E-state index in [4.69, 9.17) is 0 Å². The van der Waals surface area contributed by atoms with Crippen molar-refractivity contribution in [3.8, 4) is 0 Å². The molecule has 1 aliphatic carbocycles. The predicted molar refractivity (Wildman–Crippen MR) is 86.1 cm³/mol. The summed E-state index contributed by atoms with van der Waals surface area (Å²) in [6, 6.07) is 8.84. The summed E-state index contributed by atoms with van der Waals surface area (Å²) in [6.07, 6.45) is 9.35. The fourth-order valence-corrected chi connectivity index (χ4v) is 3.72. The van der Waals surface area contributed by atoms with Crippen LogP contribution in [-0.2, 0) is 6.42 Å². The number of benzene rings is 1. The Bertz CT molecular complexity index is 399. The number of aryl methyl sites for hydroxylation is 1. The number of rotatable bonds is 7. The lowest BCUT2D eigenvalue weighted by Gasteiger charge is -2.30. The van der Waals surface area contributed by atoms with Crippen LogP contribution >= 0.6 is 0 Å². The van der Waals surface area contributed by atoms with Crippen LogP contribution in [0, 0.1) is 5.92 Å². The lowest BCUT2D eigenvalue weighted by molar-refractivity contribution is 0.0812. The summed E-state index contributed by atoms with van der Waals surface area (Å²) in [4.78, 5) is 0. The number of unbranched alkanes of at least 4 members (excludes halogenated alkanes) is 1. The van der Waals surface area contributed by atoms with Gasteiger partial charge in [-0.1, -0.05) is 57.4 Å². The largest absolute Gasteiger partial charge is 0.393 e. The molecule has 1 N–H and O–H groups in total. The highest BCUT2D eigenvalue weighted by atomic mass is 16.3. The van der Waals surface area contributed by atoms with Crippen LogP contribution in [0.15, 0.2) is 24.3 Å². The maximum Gasteiger partial charge on any atom is 0.0574 e. The molecule has 0 fully saturated rings. The summed E-state index contributed by atoms with van der Waals surface area (Å²) < 4.78 is 0. The van der Waals surface area contributed by atoms with Crippen LogP contribution < -0.4 is 0 Å². The third kappa shape index (κ3) is 3.85. The normalized spacial score (nSPS) is 21.2. The van der Waals surface area contributed by atoms with Crippen LogP contribution in [0.1, 0.15) is 75.8 Å². The van der Waals surface area contributed by atoms with Gasteiger partial charge in [-0.3, -0.25) is 0 Å². The van der Waals surface area contributed by atoms with E-state index in [1.165, 1.54) is 49.7 Å². The van der Waals surface area contributed by atoms with Gasteiger partial charge < -0.3 is 5.11 Å². The molecule has 2 rings (SSSR count). The number of hydrogen-bond acceptors (Lipinski definition) is 1. The van der Waals surface area contributed by atoms with Gasteiger partial charge in [-0.15, -0.1) is 0 Å². The zero-order valence-electron chi connectivity index (χ0n) is 13.1. The molecule has 0 radical (unpaired) electrons.